The van der Waals surface area contributed by atoms with Gasteiger partial charge < -0.3 is 5.11 Å². The minimum atomic E-state index is -0.644. The number of hydrogen-bond acceptors (Lipinski definition) is 2. The molecule has 0 aromatic carbocycles. The average Bonchev–Trinajstić information content (AvgIpc) is 2.08. The Morgan fingerprint density at radius 2 is 2.30 bits per heavy atom. The van der Waals surface area contributed by atoms with Crippen LogP contribution in [0.1, 0.15) is 20.3 Å². The lowest BCUT2D eigenvalue weighted by molar-refractivity contribution is -0.142. The van der Waals surface area contributed by atoms with Gasteiger partial charge in [0.2, 0.25) is 0 Å². The van der Waals surface area contributed by atoms with E-state index in [4.69, 9.17) is 5.11 Å². The van der Waals surface area contributed by atoms with Crippen LogP contribution in [0, 0.1) is 5.92 Å². The third-order valence-electron chi connectivity index (χ3n) is 2.02. The first-order chi connectivity index (χ1) is 4.54. The van der Waals surface area contributed by atoms with Gasteiger partial charge in [0.25, 0.3) is 0 Å². The second kappa shape index (κ2) is 2.46. The van der Waals surface area contributed by atoms with Gasteiger partial charge in [-0.15, -0.1) is 0 Å². The molecule has 0 bridgehead atoms. The summed E-state index contributed by atoms with van der Waals surface area (Å²) in [5.74, 6) is 0.205. The quantitative estimate of drug-likeness (QED) is 0.633. The molecule has 58 valence electrons. The first-order valence-corrected chi connectivity index (χ1v) is 4.39. The zero-order valence-electron chi connectivity index (χ0n) is 6.26. The van der Waals surface area contributed by atoms with Gasteiger partial charge in [-0.1, -0.05) is 0 Å². The molecule has 0 aromatic rings. The molecule has 0 aliphatic carbocycles. The van der Waals surface area contributed by atoms with Gasteiger partial charge in [0, 0.05) is 4.75 Å². The molecular formula is C7H12O2S. The average molecular weight is 160 g/mol. The highest BCUT2D eigenvalue weighted by Gasteiger charge is 2.39. The fraction of sp³-hybridized carbons (Fsp3) is 0.857. The largest absolute Gasteiger partial charge is 0.481 e. The van der Waals surface area contributed by atoms with E-state index in [2.05, 4.69) is 0 Å². The van der Waals surface area contributed by atoms with Crippen LogP contribution in [-0.4, -0.2) is 21.6 Å². The van der Waals surface area contributed by atoms with Crippen molar-refractivity contribution in [2.45, 2.75) is 25.0 Å². The molecule has 10 heavy (non-hydrogen) atoms. The molecule has 0 aromatic heterocycles. The highest BCUT2D eigenvalue weighted by Crippen LogP contribution is 2.42. The van der Waals surface area contributed by atoms with Crippen molar-refractivity contribution in [3.8, 4) is 0 Å². The minimum absolute atomic E-state index is 0.0498. The Balaban J connectivity index is 2.68. The summed E-state index contributed by atoms with van der Waals surface area (Å²) >= 11 is 1.76. The Morgan fingerprint density at radius 1 is 1.70 bits per heavy atom. The van der Waals surface area contributed by atoms with Gasteiger partial charge in [-0.05, 0) is 26.0 Å². The number of hydrogen-bond donors (Lipinski definition) is 1. The van der Waals surface area contributed by atoms with E-state index >= 15 is 0 Å². The zero-order valence-corrected chi connectivity index (χ0v) is 7.07. The molecule has 1 rings (SSSR count). The van der Waals surface area contributed by atoms with Gasteiger partial charge in [0.1, 0.15) is 0 Å². The molecule has 1 aliphatic heterocycles. The van der Waals surface area contributed by atoms with Crippen molar-refractivity contribution in [1.82, 2.24) is 0 Å². The van der Waals surface area contributed by atoms with Crippen molar-refractivity contribution < 1.29 is 9.90 Å². The molecule has 0 spiro atoms. The van der Waals surface area contributed by atoms with Crippen molar-refractivity contribution >= 4 is 17.7 Å². The Bertz CT molecular complexity index is 154. The lowest BCUT2D eigenvalue weighted by atomic mass is 9.93. The van der Waals surface area contributed by atoms with Crippen LogP contribution in [-0.2, 0) is 4.79 Å². The van der Waals surface area contributed by atoms with E-state index in [1.807, 2.05) is 13.8 Å². The van der Waals surface area contributed by atoms with Crippen LogP contribution in [0.3, 0.4) is 0 Å². The van der Waals surface area contributed by atoms with Gasteiger partial charge in [-0.3, -0.25) is 4.79 Å². The third kappa shape index (κ3) is 1.29. The van der Waals surface area contributed by atoms with Crippen LogP contribution in [0.25, 0.3) is 0 Å². The van der Waals surface area contributed by atoms with Crippen molar-refractivity contribution in [1.29, 1.82) is 0 Å². The Kier molecular flexibility index (Phi) is 1.95. The summed E-state index contributed by atoms with van der Waals surface area (Å²) < 4.78 is -0.0498. The molecule has 0 saturated carbocycles. The molecule has 1 aliphatic rings. The van der Waals surface area contributed by atoms with Crippen LogP contribution in [0.2, 0.25) is 0 Å². The van der Waals surface area contributed by atoms with Gasteiger partial charge >= 0.3 is 5.97 Å². The summed E-state index contributed by atoms with van der Waals surface area (Å²) in [4.78, 5) is 10.6. The Hall–Kier alpha value is -0.180. The first kappa shape index (κ1) is 7.92. The molecule has 3 heteroatoms. The van der Waals surface area contributed by atoms with Gasteiger partial charge in [0.15, 0.2) is 0 Å². The zero-order chi connectivity index (χ0) is 7.78. The lowest BCUT2D eigenvalue weighted by Crippen LogP contribution is -2.29. The van der Waals surface area contributed by atoms with E-state index in [1.54, 1.807) is 11.8 Å². The van der Waals surface area contributed by atoms with Crippen molar-refractivity contribution in [2.75, 3.05) is 5.75 Å². The highest BCUT2D eigenvalue weighted by atomic mass is 32.2. The van der Waals surface area contributed by atoms with E-state index in [0.29, 0.717) is 0 Å². The smallest absolute Gasteiger partial charge is 0.307 e. The molecule has 2 nitrogen and oxygen atoms in total. The molecule has 1 fully saturated rings. The summed E-state index contributed by atoms with van der Waals surface area (Å²) in [6.45, 7) is 4.01. The van der Waals surface area contributed by atoms with Crippen LogP contribution in [0.15, 0.2) is 0 Å². The van der Waals surface area contributed by atoms with Crippen molar-refractivity contribution in [3.63, 3.8) is 0 Å². The summed E-state index contributed by atoms with van der Waals surface area (Å²) in [6.07, 6.45) is 0.826. The maximum absolute atomic E-state index is 10.6. The molecule has 1 atom stereocenters. The van der Waals surface area contributed by atoms with Gasteiger partial charge in [0.05, 0.1) is 5.92 Å². The van der Waals surface area contributed by atoms with Gasteiger partial charge in [-0.25, -0.2) is 0 Å². The summed E-state index contributed by atoms with van der Waals surface area (Å²) in [5.41, 5.74) is 0. The lowest BCUT2D eigenvalue weighted by Gasteiger charge is -2.21. The molecule has 1 unspecified atom stereocenters. The molecule has 1 heterocycles. The topological polar surface area (TPSA) is 37.3 Å². The number of thioether (sulfide) groups is 1. The van der Waals surface area contributed by atoms with E-state index < -0.39 is 5.97 Å². The predicted molar refractivity (Wildman–Crippen MR) is 42.3 cm³/mol. The number of carbonyl (C=O) groups is 1. The number of rotatable bonds is 1. The highest BCUT2D eigenvalue weighted by molar-refractivity contribution is 8.00. The van der Waals surface area contributed by atoms with Crippen molar-refractivity contribution in [2.24, 2.45) is 5.92 Å². The second-order valence-electron chi connectivity index (χ2n) is 3.13. The van der Waals surface area contributed by atoms with Crippen LogP contribution >= 0.6 is 11.8 Å². The molecule has 1 saturated heterocycles. The molecule has 0 amide bonds. The van der Waals surface area contributed by atoms with Crippen LogP contribution in [0.5, 0.6) is 0 Å². The summed E-state index contributed by atoms with van der Waals surface area (Å²) in [5, 5.41) is 8.74. The van der Waals surface area contributed by atoms with Crippen molar-refractivity contribution in [3.05, 3.63) is 0 Å². The minimum Gasteiger partial charge on any atom is -0.481 e. The summed E-state index contributed by atoms with van der Waals surface area (Å²) in [6, 6.07) is 0. The third-order valence-corrected chi connectivity index (χ3v) is 3.49. The van der Waals surface area contributed by atoms with E-state index in [0.717, 1.165) is 12.2 Å². The fourth-order valence-corrected chi connectivity index (χ4v) is 2.61. The maximum Gasteiger partial charge on any atom is 0.307 e. The normalized spacial score (nSPS) is 30.4. The van der Waals surface area contributed by atoms with E-state index in [1.165, 1.54) is 0 Å². The van der Waals surface area contributed by atoms with Crippen LogP contribution < -0.4 is 0 Å². The second-order valence-corrected chi connectivity index (χ2v) is 4.88. The Morgan fingerprint density at radius 3 is 2.50 bits per heavy atom. The monoisotopic (exact) mass is 160 g/mol. The Labute approximate surface area is 65.0 Å². The van der Waals surface area contributed by atoms with E-state index in [-0.39, 0.29) is 10.7 Å². The summed E-state index contributed by atoms with van der Waals surface area (Å²) in [7, 11) is 0. The van der Waals surface area contributed by atoms with E-state index in [9.17, 15) is 4.79 Å². The standard InChI is InChI=1S/C7H12O2S/c1-7(2)5(6(8)9)3-4-10-7/h5H,3-4H2,1-2H3,(H,8,9). The molecule has 0 radical (unpaired) electrons. The van der Waals surface area contributed by atoms with Crippen LogP contribution in [0.4, 0.5) is 0 Å². The SMILES string of the molecule is CC1(C)SCCC1C(=O)O. The first-order valence-electron chi connectivity index (χ1n) is 3.41. The number of carboxylic acids is 1. The number of carboxylic acid groups (broad SMARTS) is 1. The fourth-order valence-electron chi connectivity index (χ4n) is 1.31. The predicted octanol–water partition coefficient (Wildman–Crippen LogP) is 1.60. The van der Waals surface area contributed by atoms with Gasteiger partial charge in [-0.2, -0.15) is 11.8 Å². The molecular weight excluding hydrogens is 148 g/mol. The maximum atomic E-state index is 10.6. The molecule has 1 N–H and O–H groups in total. The number of aliphatic carboxylic acids is 1.